The average molecular weight is 376 g/mol. The molecule has 1 N–H and O–H groups in total. The van der Waals surface area contributed by atoms with Gasteiger partial charge in [0.05, 0.1) is 13.2 Å². The maximum absolute atomic E-state index is 12.3. The lowest BCUT2D eigenvalue weighted by Gasteiger charge is -2.28. The molecule has 1 saturated heterocycles. The molecule has 1 aliphatic heterocycles. The van der Waals surface area contributed by atoms with Crippen molar-refractivity contribution in [1.82, 2.24) is 0 Å². The molecule has 27 heavy (non-hydrogen) atoms. The largest absolute Gasteiger partial charge is 0.409 e. The molecule has 2 aromatic rings. The highest BCUT2D eigenvalue weighted by Gasteiger charge is 2.21. The number of carbonyl (C=O) groups excluding carboxylic acids is 1. The molecule has 1 aliphatic rings. The highest BCUT2D eigenvalue weighted by atomic mass is 19.4. The summed E-state index contributed by atoms with van der Waals surface area (Å²) in [7, 11) is 0. The van der Waals surface area contributed by atoms with E-state index >= 15 is 0 Å². The zero-order chi connectivity index (χ0) is 19.3. The van der Waals surface area contributed by atoms with Crippen molar-refractivity contribution < 1.29 is 22.7 Å². The Labute approximate surface area is 155 Å². The van der Waals surface area contributed by atoms with E-state index in [1.807, 2.05) is 24.3 Å². The highest BCUT2D eigenvalue weighted by Crippen LogP contribution is 2.20. The Morgan fingerprint density at radius 3 is 2.22 bits per heavy atom. The molecule has 0 aromatic heterocycles. The number of benzene rings is 2. The Morgan fingerprint density at radius 2 is 1.63 bits per heavy atom. The zero-order valence-corrected chi connectivity index (χ0v) is 14.5. The first-order valence-corrected chi connectivity index (χ1v) is 8.51. The van der Waals surface area contributed by atoms with Gasteiger partial charge >= 0.3 is 6.18 Å². The van der Waals surface area contributed by atoms with Crippen molar-refractivity contribution in [2.24, 2.45) is 0 Å². The molecule has 142 valence electrons. The van der Waals surface area contributed by atoms with Crippen LogP contribution in [0.1, 0.15) is 15.9 Å². The molecule has 0 aliphatic carbocycles. The molecule has 3 rings (SSSR count). The van der Waals surface area contributed by atoms with Gasteiger partial charge in [0.15, 0.2) is 0 Å². The van der Waals surface area contributed by atoms with E-state index in [0.29, 0.717) is 30.0 Å². The maximum atomic E-state index is 12.3. The summed E-state index contributed by atoms with van der Waals surface area (Å²) in [5.41, 5.74) is 2.46. The van der Waals surface area contributed by atoms with E-state index in [2.05, 4.69) is 10.2 Å². The van der Waals surface area contributed by atoms with Crippen LogP contribution < -0.4 is 10.2 Å². The maximum Gasteiger partial charge on any atom is 0.409 e. The summed E-state index contributed by atoms with van der Waals surface area (Å²) in [5.74, 6) is -0.319. The van der Waals surface area contributed by atoms with E-state index < -0.39 is 6.18 Å². The minimum atomic E-state index is -4.36. The van der Waals surface area contributed by atoms with E-state index in [-0.39, 0.29) is 12.0 Å². The first kappa shape index (κ1) is 19.0. The molecule has 1 amide bonds. The Hall–Kier alpha value is -2.80. The molecule has 0 unspecified atom stereocenters. The summed E-state index contributed by atoms with van der Waals surface area (Å²) in [6.07, 6.45) is -3.23. The third kappa shape index (κ3) is 5.59. The van der Waals surface area contributed by atoms with Crippen LogP contribution in [-0.4, -0.2) is 38.4 Å². The van der Waals surface area contributed by atoms with Gasteiger partial charge in [-0.25, -0.2) is 0 Å². The molecular weight excluding hydrogens is 357 g/mol. The van der Waals surface area contributed by atoms with Crippen molar-refractivity contribution in [3.63, 3.8) is 0 Å². The number of hydrogen-bond acceptors (Lipinski definition) is 3. The van der Waals surface area contributed by atoms with Gasteiger partial charge in [-0.2, -0.15) is 13.2 Å². The smallest absolute Gasteiger partial charge is 0.378 e. The molecular formula is C20H19F3N2O2. The number of allylic oxidation sites excluding steroid dienone is 1. The van der Waals surface area contributed by atoms with Gasteiger partial charge in [-0.15, -0.1) is 0 Å². The molecule has 0 atom stereocenters. The molecule has 0 saturated carbocycles. The number of rotatable bonds is 4. The highest BCUT2D eigenvalue weighted by molar-refractivity contribution is 6.04. The fraction of sp³-hybridized carbons (Fsp3) is 0.250. The van der Waals surface area contributed by atoms with Crippen LogP contribution in [0.15, 0.2) is 54.6 Å². The van der Waals surface area contributed by atoms with Gasteiger partial charge in [0.1, 0.15) is 0 Å². The van der Waals surface area contributed by atoms with Gasteiger partial charge in [-0.3, -0.25) is 4.79 Å². The lowest BCUT2D eigenvalue weighted by molar-refractivity contribution is -0.0790. The molecule has 4 nitrogen and oxygen atoms in total. The van der Waals surface area contributed by atoms with Crippen LogP contribution in [0.5, 0.6) is 0 Å². The topological polar surface area (TPSA) is 41.6 Å². The minimum Gasteiger partial charge on any atom is -0.378 e. The second kappa shape index (κ2) is 8.26. The average Bonchev–Trinajstić information content (AvgIpc) is 2.67. The van der Waals surface area contributed by atoms with Crippen molar-refractivity contribution in [1.29, 1.82) is 0 Å². The van der Waals surface area contributed by atoms with Crippen LogP contribution in [0.3, 0.4) is 0 Å². The van der Waals surface area contributed by atoms with Crippen LogP contribution in [0.4, 0.5) is 24.5 Å². The predicted octanol–water partition coefficient (Wildman–Crippen LogP) is 4.35. The van der Waals surface area contributed by atoms with Crippen molar-refractivity contribution in [2.45, 2.75) is 6.18 Å². The lowest BCUT2D eigenvalue weighted by Crippen LogP contribution is -2.36. The molecule has 0 bridgehead atoms. The van der Waals surface area contributed by atoms with E-state index in [9.17, 15) is 18.0 Å². The Balaban J connectivity index is 1.60. The van der Waals surface area contributed by atoms with E-state index in [1.54, 1.807) is 0 Å². The SMILES string of the molecule is O=C(Nc1ccc(N2CCOCC2)cc1)c1ccc(C=CC(F)(F)F)cc1. The standard InChI is InChI=1S/C20H19F3N2O2/c21-20(22,23)10-9-15-1-3-16(4-2-15)19(26)24-17-5-7-18(8-6-17)25-11-13-27-14-12-25/h1-10H,11-14H2,(H,24,26). The summed E-state index contributed by atoms with van der Waals surface area (Å²) < 4.78 is 41.9. The molecule has 2 aromatic carbocycles. The molecule has 7 heteroatoms. The number of carbonyl (C=O) groups is 1. The number of nitrogens with zero attached hydrogens (tertiary/aromatic N) is 1. The fourth-order valence-corrected chi connectivity index (χ4v) is 2.72. The Bertz CT molecular complexity index is 793. The van der Waals surface area contributed by atoms with E-state index in [4.69, 9.17) is 4.74 Å². The number of morpholine rings is 1. The van der Waals surface area contributed by atoms with Crippen LogP contribution in [0, 0.1) is 0 Å². The number of halogens is 3. The number of hydrogen-bond donors (Lipinski definition) is 1. The Morgan fingerprint density at radius 1 is 1.00 bits per heavy atom. The fourth-order valence-electron chi connectivity index (χ4n) is 2.72. The normalized spacial score (nSPS) is 15.1. The monoisotopic (exact) mass is 376 g/mol. The number of ether oxygens (including phenoxy) is 1. The third-order valence-electron chi connectivity index (χ3n) is 4.14. The molecule has 1 heterocycles. The number of anilines is 2. The number of alkyl halides is 3. The second-order valence-corrected chi connectivity index (χ2v) is 6.10. The van der Waals surface area contributed by atoms with Crippen molar-refractivity contribution >= 4 is 23.4 Å². The van der Waals surface area contributed by atoms with E-state index in [1.165, 1.54) is 24.3 Å². The zero-order valence-electron chi connectivity index (χ0n) is 14.5. The van der Waals surface area contributed by atoms with Crippen LogP contribution in [0.2, 0.25) is 0 Å². The summed E-state index contributed by atoms with van der Waals surface area (Å²) >= 11 is 0. The van der Waals surface area contributed by atoms with E-state index in [0.717, 1.165) is 24.9 Å². The molecule has 0 radical (unpaired) electrons. The number of nitrogens with one attached hydrogen (secondary N) is 1. The molecule has 1 fully saturated rings. The lowest BCUT2D eigenvalue weighted by atomic mass is 10.1. The minimum absolute atomic E-state index is 0.165. The summed E-state index contributed by atoms with van der Waals surface area (Å²) in [6.45, 7) is 3.07. The van der Waals surface area contributed by atoms with Crippen molar-refractivity contribution in [3.05, 3.63) is 65.7 Å². The number of amides is 1. The van der Waals surface area contributed by atoms with Crippen LogP contribution in [-0.2, 0) is 4.74 Å². The van der Waals surface area contributed by atoms with Gasteiger partial charge in [-0.1, -0.05) is 18.2 Å². The van der Waals surface area contributed by atoms with Crippen molar-refractivity contribution in [3.8, 4) is 0 Å². The summed E-state index contributed by atoms with van der Waals surface area (Å²) in [5, 5.41) is 2.78. The second-order valence-electron chi connectivity index (χ2n) is 6.10. The first-order chi connectivity index (χ1) is 12.9. The van der Waals surface area contributed by atoms with Gasteiger partial charge in [0.2, 0.25) is 0 Å². The van der Waals surface area contributed by atoms with Gasteiger partial charge < -0.3 is 15.0 Å². The van der Waals surface area contributed by atoms with Gasteiger partial charge in [-0.05, 0) is 42.0 Å². The summed E-state index contributed by atoms with van der Waals surface area (Å²) in [4.78, 5) is 14.5. The predicted molar refractivity (Wildman–Crippen MR) is 99.0 cm³/mol. The van der Waals surface area contributed by atoms with Crippen LogP contribution >= 0.6 is 0 Å². The third-order valence-corrected chi connectivity index (χ3v) is 4.14. The van der Waals surface area contributed by atoms with Gasteiger partial charge in [0, 0.05) is 36.1 Å². The van der Waals surface area contributed by atoms with Crippen LogP contribution in [0.25, 0.3) is 6.08 Å². The first-order valence-electron chi connectivity index (χ1n) is 8.51. The Kier molecular flexibility index (Phi) is 5.81. The van der Waals surface area contributed by atoms with Gasteiger partial charge in [0.25, 0.3) is 5.91 Å². The van der Waals surface area contributed by atoms with Crippen molar-refractivity contribution in [2.75, 3.05) is 36.5 Å². The quantitative estimate of drug-likeness (QED) is 0.863. The molecule has 0 spiro atoms. The summed E-state index contributed by atoms with van der Waals surface area (Å²) in [6, 6.07) is 13.4.